The molecule has 1 heterocycles. The summed E-state index contributed by atoms with van der Waals surface area (Å²) in [7, 11) is 3.96. The van der Waals surface area contributed by atoms with Gasteiger partial charge in [0.1, 0.15) is 0 Å². The summed E-state index contributed by atoms with van der Waals surface area (Å²) >= 11 is 6.06. The van der Waals surface area contributed by atoms with E-state index in [0.29, 0.717) is 29.0 Å². The quantitative estimate of drug-likeness (QED) is 0.606. The highest BCUT2D eigenvalue weighted by atomic mass is 35.5. The SMILES string of the molecule is CCOC(=O)C1=C(C)NC2=C(C(=O)C[C@H](c3ccc(Cl)cc3)C2)[C@@H]1c1ccc(N(C)C)cc1. The van der Waals surface area contributed by atoms with E-state index in [1.807, 2.05) is 74.4 Å². The highest BCUT2D eigenvalue weighted by Crippen LogP contribution is 2.46. The zero-order valence-electron chi connectivity index (χ0n) is 19.4. The monoisotopic (exact) mass is 464 g/mol. The number of carbonyl (C=O) groups excluding carboxylic acids is 2. The summed E-state index contributed by atoms with van der Waals surface area (Å²) in [6, 6.07) is 15.7. The average Bonchev–Trinajstić information content (AvgIpc) is 2.78. The van der Waals surface area contributed by atoms with Crippen molar-refractivity contribution >= 4 is 29.0 Å². The molecule has 1 aliphatic heterocycles. The summed E-state index contributed by atoms with van der Waals surface area (Å²) in [4.78, 5) is 28.6. The maximum atomic E-state index is 13.6. The molecule has 1 aliphatic carbocycles. The lowest BCUT2D eigenvalue weighted by atomic mass is 9.71. The highest BCUT2D eigenvalue weighted by Gasteiger charge is 2.41. The fraction of sp³-hybridized carbons (Fsp3) is 0.333. The Morgan fingerprint density at radius 1 is 1.06 bits per heavy atom. The number of ketones is 1. The molecule has 0 amide bonds. The Bertz CT molecular complexity index is 1130. The molecule has 6 heteroatoms. The molecular formula is C27H29ClN2O3. The standard InChI is InChI=1S/C27H29ClN2O3/c1-5-33-27(32)24-16(2)29-22-14-19(17-6-10-20(28)11-7-17)15-23(31)26(22)25(24)18-8-12-21(13-9-18)30(3)4/h6-13,19,25,29H,5,14-15H2,1-4H3/t19-,25-/m1/s1. The van der Waals surface area contributed by atoms with E-state index in [4.69, 9.17) is 16.3 Å². The third-order valence-electron chi connectivity index (χ3n) is 6.41. The lowest BCUT2D eigenvalue weighted by Gasteiger charge is -2.36. The number of benzene rings is 2. The number of dihydropyridines is 1. The van der Waals surface area contributed by atoms with Gasteiger partial charge in [-0.2, -0.15) is 0 Å². The summed E-state index contributed by atoms with van der Waals surface area (Å²) in [6.07, 6.45) is 1.09. The number of halogens is 1. The molecule has 172 valence electrons. The van der Waals surface area contributed by atoms with Crippen molar-refractivity contribution in [3.63, 3.8) is 0 Å². The summed E-state index contributed by atoms with van der Waals surface area (Å²) in [5.41, 5.74) is 5.86. The molecule has 0 saturated carbocycles. The minimum absolute atomic E-state index is 0.0553. The second-order valence-corrected chi connectivity index (χ2v) is 9.21. The predicted molar refractivity (Wildman–Crippen MR) is 131 cm³/mol. The number of ether oxygens (including phenoxy) is 1. The number of esters is 1. The molecule has 2 aliphatic rings. The molecular weight excluding hydrogens is 436 g/mol. The molecule has 0 bridgehead atoms. The van der Waals surface area contributed by atoms with Gasteiger partial charge in [0.25, 0.3) is 0 Å². The second kappa shape index (κ2) is 9.44. The minimum Gasteiger partial charge on any atom is -0.463 e. The Hall–Kier alpha value is -3.05. The van der Waals surface area contributed by atoms with Crippen LogP contribution in [0.4, 0.5) is 5.69 Å². The molecule has 0 aromatic heterocycles. The number of rotatable bonds is 5. The largest absolute Gasteiger partial charge is 0.463 e. The van der Waals surface area contributed by atoms with Crippen molar-refractivity contribution in [2.45, 2.75) is 38.5 Å². The van der Waals surface area contributed by atoms with Gasteiger partial charge in [0, 0.05) is 54.1 Å². The van der Waals surface area contributed by atoms with Gasteiger partial charge in [0.15, 0.2) is 5.78 Å². The Balaban J connectivity index is 1.78. The normalized spacial score (nSPS) is 20.3. The van der Waals surface area contributed by atoms with Gasteiger partial charge in [-0.1, -0.05) is 35.9 Å². The molecule has 33 heavy (non-hydrogen) atoms. The first-order valence-electron chi connectivity index (χ1n) is 11.2. The van der Waals surface area contributed by atoms with Crippen molar-refractivity contribution in [3.05, 3.63) is 87.2 Å². The number of allylic oxidation sites excluding steroid dienone is 3. The van der Waals surface area contributed by atoms with Crippen molar-refractivity contribution < 1.29 is 14.3 Å². The van der Waals surface area contributed by atoms with E-state index in [1.54, 1.807) is 6.92 Å². The van der Waals surface area contributed by atoms with Crippen LogP contribution in [0, 0.1) is 0 Å². The first-order valence-corrected chi connectivity index (χ1v) is 11.6. The van der Waals surface area contributed by atoms with Crippen LogP contribution in [0.2, 0.25) is 5.02 Å². The number of carbonyl (C=O) groups is 2. The zero-order chi connectivity index (χ0) is 23.7. The molecule has 0 fully saturated rings. The zero-order valence-corrected chi connectivity index (χ0v) is 20.2. The predicted octanol–water partition coefficient (Wildman–Crippen LogP) is 5.33. The molecule has 5 nitrogen and oxygen atoms in total. The van der Waals surface area contributed by atoms with Crippen LogP contribution < -0.4 is 10.2 Å². The smallest absolute Gasteiger partial charge is 0.336 e. The molecule has 0 saturated heterocycles. The Morgan fingerprint density at radius 3 is 2.30 bits per heavy atom. The van der Waals surface area contributed by atoms with Gasteiger partial charge in [0.05, 0.1) is 12.2 Å². The van der Waals surface area contributed by atoms with Gasteiger partial charge in [-0.25, -0.2) is 4.79 Å². The van der Waals surface area contributed by atoms with E-state index in [1.165, 1.54) is 0 Å². The van der Waals surface area contributed by atoms with Crippen LogP contribution in [0.5, 0.6) is 0 Å². The molecule has 0 spiro atoms. The van der Waals surface area contributed by atoms with Crippen LogP contribution in [0.15, 0.2) is 71.1 Å². The second-order valence-electron chi connectivity index (χ2n) is 8.78. The van der Waals surface area contributed by atoms with Gasteiger partial charge in [-0.05, 0) is 61.6 Å². The number of nitrogens with zero attached hydrogens (tertiary/aromatic N) is 1. The number of Topliss-reactive ketones (excluding diaryl/α,β-unsaturated/α-hetero) is 1. The summed E-state index contributed by atoms with van der Waals surface area (Å²) in [6.45, 7) is 3.95. The first-order chi connectivity index (χ1) is 15.8. The number of hydrogen-bond donors (Lipinski definition) is 1. The van der Waals surface area contributed by atoms with Crippen molar-refractivity contribution in [1.29, 1.82) is 0 Å². The average molecular weight is 465 g/mol. The third kappa shape index (κ3) is 4.55. The van der Waals surface area contributed by atoms with Crippen LogP contribution >= 0.6 is 11.6 Å². The topological polar surface area (TPSA) is 58.6 Å². The van der Waals surface area contributed by atoms with Crippen molar-refractivity contribution in [3.8, 4) is 0 Å². The van der Waals surface area contributed by atoms with Gasteiger partial charge >= 0.3 is 5.97 Å². The van der Waals surface area contributed by atoms with Crippen molar-refractivity contribution in [2.24, 2.45) is 0 Å². The maximum absolute atomic E-state index is 13.6. The van der Waals surface area contributed by atoms with Crippen LogP contribution in [0.1, 0.15) is 49.7 Å². The number of hydrogen-bond acceptors (Lipinski definition) is 5. The molecule has 2 atom stereocenters. The third-order valence-corrected chi connectivity index (χ3v) is 6.66. The Morgan fingerprint density at radius 2 is 1.70 bits per heavy atom. The maximum Gasteiger partial charge on any atom is 0.336 e. The fourth-order valence-corrected chi connectivity index (χ4v) is 4.91. The van der Waals surface area contributed by atoms with Crippen molar-refractivity contribution in [1.82, 2.24) is 5.32 Å². The molecule has 4 rings (SSSR count). The van der Waals surface area contributed by atoms with E-state index >= 15 is 0 Å². The van der Waals surface area contributed by atoms with E-state index < -0.39 is 5.92 Å². The summed E-state index contributed by atoms with van der Waals surface area (Å²) in [5.74, 6) is -0.715. The van der Waals surface area contributed by atoms with E-state index in [0.717, 1.165) is 28.2 Å². The fourth-order valence-electron chi connectivity index (χ4n) is 4.79. The van der Waals surface area contributed by atoms with E-state index in [-0.39, 0.29) is 24.3 Å². The lowest BCUT2D eigenvalue weighted by Crippen LogP contribution is -2.36. The summed E-state index contributed by atoms with van der Waals surface area (Å²) in [5, 5.41) is 4.06. The highest BCUT2D eigenvalue weighted by molar-refractivity contribution is 6.30. The van der Waals surface area contributed by atoms with Gasteiger partial charge in [-0.15, -0.1) is 0 Å². The van der Waals surface area contributed by atoms with Crippen LogP contribution in [0.3, 0.4) is 0 Å². The Kier molecular flexibility index (Phi) is 6.61. The van der Waals surface area contributed by atoms with Gasteiger partial charge in [-0.3, -0.25) is 4.79 Å². The van der Waals surface area contributed by atoms with Crippen LogP contribution in [-0.2, 0) is 14.3 Å². The van der Waals surface area contributed by atoms with Gasteiger partial charge < -0.3 is 15.0 Å². The first kappa shape index (κ1) is 23.1. The molecule has 2 aromatic carbocycles. The van der Waals surface area contributed by atoms with Crippen LogP contribution in [0.25, 0.3) is 0 Å². The van der Waals surface area contributed by atoms with Gasteiger partial charge in [0.2, 0.25) is 0 Å². The summed E-state index contributed by atoms with van der Waals surface area (Å²) < 4.78 is 5.39. The number of nitrogens with one attached hydrogen (secondary N) is 1. The van der Waals surface area contributed by atoms with E-state index in [2.05, 4.69) is 5.32 Å². The van der Waals surface area contributed by atoms with E-state index in [9.17, 15) is 9.59 Å². The molecule has 2 aromatic rings. The lowest BCUT2D eigenvalue weighted by molar-refractivity contribution is -0.138. The van der Waals surface area contributed by atoms with Crippen molar-refractivity contribution in [2.75, 3.05) is 25.6 Å². The molecule has 0 unspecified atom stereocenters. The number of anilines is 1. The Labute approximate surface area is 200 Å². The molecule has 0 radical (unpaired) electrons. The van der Waals surface area contributed by atoms with Crippen LogP contribution in [-0.4, -0.2) is 32.5 Å². The molecule has 1 N–H and O–H groups in total. The minimum atomic E-state index is -0.449.